The molecule has 0 saturated heterocycles. The van der Waals surface area contributed by atoms with Gasteiger partial charge in [-0.2, -0.15) is 0 Å². The lowest BCUT2D eigenvalue weighted by molar-refractivity contribution is -0.136. The van der Waals surface area contributed by atoms with E-state index < -0.39 is 17.6 Å². The summed E-state index contributed by atoms with van der Waals surface area (Å²) >= 11 is 2.73. The first-order valence-corrected chi connectivity index (χ1v) is 4.90. The molecule has 2 N–H and O–H groups in total. The lowest BCUT2D eigenvalue weighted by Gasteiger charge is -2.06. The maximum atomic E-state index is 13.0. The van der Waals surface area contributed by atoms with Crippen LogP contribution in [0.25, 0.3) is 0 Å². The zero-order chi connectivity index (χ0) is 11.4. The van der Waals surface area contributed by atoms with Gasteiger partial charge in [0.2, 0.25) is 0 Å². The highest BCUT2D eigenvalue weighted by Gasteiger charge is 2.08. The van der Waals surface area contributed by atoms with Crippen LogP contribution in [0, 0.1) is 11.6 Å². The van der Waals surface area contributed by atoms with Gasteiger partial charge in [-0.1, -0.05) is 0 Å². The summed E-state index contributed by atoms with van der Waals surface area (Å²) in [7, 11) is 0. The second-order valence-corrected chi connectivity index (χ2v) is 3.62. The number of carboxylic acid groups (broad SMARTS) is 1. The lowest BCUT2D eigenvalue weighted by atomic mass is 10.3. The Balaban J connectivity index is 2.66. The fourth-order valence-electron chi connectivity index (χ4n) is 0.971. The number of aliphatic carboxylic acids is 1. The molecular weight excluding hydrogens is 272 g/mol. The summed E-state index contributed by atoms with van der Waals surface area (Å²) in [5.41, 5.74) is 0.217. The van der Waals surface area contributed by atoms with Crippen LogP contribution in [0.2, 0.25) is 0 Å². The van der Waals surface area contributed by atoms with E-state index in [1.165, 1.54) is 0 Å². The van der Waals surface area contributed by atoms with E-state index in [1.807, 2.05) is 0 Å². The van der Waals surface area contributed by atoms with Crippen LogP contribution < -0.4 is 5.32 Å². The minimum absolute atomic E-state index is 0.112. The molecule has 0 bridgehead atoms. The molecule has 0 atom stereocenters. The zero-order valence-corrected chi connectivity index (χ0v) is 9.14. The number of nitrogens with one attached hydrogen (secondary N) is 1. The Hall–Kier alpha value is -1.17. The molecule has 1 rings (SSSR count). The first-order valence-electron chi connectivity index (χ1n) is 4.11. The molecule has 0 heterocycles. The number of anilines is 1. The van der Waals surface area contributed by atoms with E-state index >= 15 is 0 Å². The zero-order valence-electron chi connectivity index (χ0n) is 7.56. The number of hydrogen-bond donors (Lipinski definition) is 2. The third-order valence-electron chi connectivity index (χ3n) is 1.65. The molecule has 1 aromatic rings. The standard InChI is InChI=1S/C9H8BrF2NO2/c10-9-6(11)3-5(4-7(9)12)13-2-1-8(14)15/h3-4,13H,1-2H2,(H,14,15). The fraction of sp³-hybridized carbons (Fsp3) is 0.222. The third kappa shape index (κ3) is 3.47. The third-order valence-corrected chi connectivity index (χ3v) is 2.41. The normalized spacial score (nSPS) is 10.1. The number of hydrogen-bond acceptors (Lipinski definition) is 2. The first-order chi connectivity index (χ1) is 7.00. The van der Waals surface area contributed by atoms with Gasteiger partial charge in [0.05, 0.1) is 10.9 Å². The van der Waals surface area contributed by atoms with Crippen molar-refractivity contribution in [2.45, 2.75) is 6.42 Å². The van der Waals surface area contributed by atoms with Crippen molar-refractivity contribution in [2.24, 2.45) is 0 Å². The van der Waals surface area contributed by atoms with Crippen molar-refractivity contribution in [3.8, 4) is 0 Å². The van der Waals surface area contributed by atoms with E-state index in [0.717, 1.165) is 12.1 Å². The summed E-state index contributed by atoms with van der Waals surface area (Å²) in [5.74, 6) is -2.43. The highest BCUT2D eigenvalue weighted by molar-refractivity contribution is 9.10. The molecule has 0 radical (unpaired) electrons. The average Bonchev–Trinajstić information content (AvgIpc) is 2.13. The Bertz CT molecular complexity index is 361. The number of benzene rings is 1. The van der Waals surface area contributed by atoms with Crippen LogP contribution in [-0.4, -0.2) is 17.6 Å². The Kier molecular flexibility index (Phi) is 4.02. The van der Waals surface area contributed by atoms with E-state index in [0.29, 0.717) is 0 Å². The summed E-state index contributed by atoms with van der Waals surface area (Å²) in [5, 5.41) is 11.0. The molecule has 0 saturated carbocycles. The molecule has 15 heavy (non-hydrogen) atoms. The van der Waals surface area contributed by atoms with E-state index in [-0.39, 0.29) is 23.1 Å². The van der Waals surface area contributed by atoms with Crippen molar-refractivity contribution in [3.05, 3.63) is 28.2 Å². The molecule has 82 valence electrons. The van der Waals surface area contributed by atoms with E-state index in [1.54, 1.807) is 0 Å². The maximum absolute atomic E-state index is 13.0. The summed E-state index contributed by atoms with van der Waals surface area (Å²) in [4.78, 5) is 10.2. The van der Waals surface area contributed by atoms with Crippen LogP contribution in [0.3, 0.4) is 0 Å². The van der Waals surface area contributed by atoms with E-state index in [4.69, 9.17) is 5.11 Å². The van der Waals surface area contributed by atoms with Crippen molar-refractivity contribution < 1.29 is 18.7 Å². The molecule has 0 aliphatic rings. The van der Waals surface area contributed by atoms with Crippen molar-refractivity contribution in [1.82, 2.24) is 0 Å². The van der Waals surface area contributed by atoms with Gasteiger partial charge in [-0.25, -0.2) is 8.78 Å². The second kappa shape index (κ2) is 5.06. The topological polar surface area (TPSA) is 49.3 Å². The lowest BCUT2D eigenvalue weighted by Crippen LogP contribution is -2.08. The molecular formula is C9H8BrF2NO2. The van der Waals surface area contributed by atoms with Crippen molar-refractivity contribution in [3.63, 3.8) is 0 Å². The van der Waals surface area contributed by atoms with Gasteiger partial charge in [0.25, 0.3) is 0 Å². The van der Waals surface area contributed by atoms with Crippen LogP contribution in [0.15, 0.2) is 16.6 Å². The molecule has 0 unspecified atom stereocenters. The van der Waals surface area contributed by atoms with Gasteiger partial charge in [0, 0.05) is 12.2 Å². The van der Waals surface area contributed by atoms with Gasteiger partial charge in [-0.05, 0) is 28.1 Å². The largest absolute Gasteiger partial charge is 0.481 e. The van der Waals surface area contributed by atoms with Gasteiger partial charge < -0.3 is 10.4 Å². The molecule has 0 aliphatic carbocycles. The SMILES string of the molecule is O=C(O)CCNc1cc(F)c(Br)c(F)c1. The predicted octanol–water partition coefficient (Wildman–Crippen LogP) is 2.61. The number of halogens is 3. The summed E-state index contributed by atoms with van der Waals surface area (Å²) in [6.07, 6.45) is -0.112. The summed E-state index contributed by atoms with van der Waals surface area (Å²) in [6.45, 7) is 0.121. The monoisotopic (exact) mass is 279 g/mol. The molecule has 0 amide bonds. The van der Waals surface area contributed by atoms with Gasteiger partial charge in [0.1, 0.15) is 11.6 Å². The molecule has 6 heteroatoms. The van der Waals surface area contributed by atoms with E-state index in [2.05, 4.69) is 21.2 Å². The number of rotatable bonds is 4. The second-order valence-electron chi connectivity index (χ2n) is 2.82. The van der Waals surface area contributed by atoms with E-state index in [9.17, 15) is 13.6 Å². The van der Waals surface area contributed by atoms with Crippen molar-refractivity contribution in [1.29, 1.82) is 0 Å². The highest BCUT2D eigenvalue weighted by Crippen LogP contribution is 2.23. The van der Waals surface area contributed by atoms with Crippen molar-refractivity contribution >= 4 is 27.6 Å². The van der Waals surface area contributed by atoms with Crippen LogP contribution in [-0.2, 0) is 4.79 Å². The Morgan fingerprint density at radius 1 is 1.40 bits per heavy atom. The minimum atomic E-state index is -0.972. The predicted molar refractivity (Wildman–Crippen MR) is 54.8 cm³/mol. The molecule has 1 aromatic carbocycles. The number of carbonyl (C=O) groups is 1. The van der Waals surface area contributed by atoms with Crippen LogP contribution >= 0.6 is 15.9 Å². The molecule has 0 aliphatic heterocycles. The van der Waals surface area contributed by atoms with Gasteiger partial charge in [-0.3, -0.25) is 4.79 Å². The van der Waals surface area contributed by atoms with Crippen LogP contribution in [0.5, 0.6) is 0 Å². The smallest absolute Gasteiger partial charge is 0.305 e. The molecule has 3 nitrogen and oxygen atoms in total. The molecule has 0 aromatic heterocycles. The molecule has 0 spiro atoms. The fourth-order valence-corrected chi connectivity index (χ4v) is 1.20. The average molecular weight is 280 g/mol. The van der Waals surface area contributed by atoms with Gasteiger partial charge >= 0.3 is 5.97 Å². The van der Waals surface area contributed by atoms with Gasteiger partial charge in [0.15, 0.2) is 0 Å². The maximum Gasteiger partial charge on any atom is 0.305 e. The summed E-state index contributed by atoms with van der Waals surface area (Å²) < 4.78 is 25.7. The summed E-state index contributed by atoms with van der Waals surface area (Å²) in [6, 6.07) is 2.18. The number of carboxylic acids is 1. The quantitative estimate of drug-likeness (QED) is 0.833. The van der Waals surface area contributed by atoms with Crippen LogP contribution in [0.4, 0.5) is 14.5 Å². The van der Waals surface area contributed by atoms with Crippen molar-refractivity contribution in [2.75, 3.05) is 11.9 Å². The molecule has 0 fully saturated rings. The Morgan fingerprint density at radius 3 is 2.40 bits per heavy atom. The Labute approximate surface area is 93.2 Å². The highest BCUT2D eigenvalue weighted by atomic mass is 79.9. The first kappa shape index (κ1) is 11.9. The van der Waals surface area contributed by atoms with Gasteiger partial charge in [-0.15, -0.1) is 0 Å². The Morgan fingerprint density at radius 2 is 1.93 bits per heavy atom. The minimum Gasteiger partial charge on any atom is -0.481 e. The van der Waals surface area contributed by atoms with Crippen LogP contribution in [0.1, 0.15) is 6.42 Å².